The highest BCUT2D eigenvalue weighted by Gasteiger charge is 1.98. The van der Waals surface area contributed by atoms with Crippen LogP contribution in [0.1, 0.15) is 18.2 Å². The Hall–Kier alpha value is -0.630. The largest absolute Gasteiger partial charge is 0.154 e. The van der Waals surface area contributed by atoms with E-state index in [9.17, 15) is 0 Å². The number of rotatable bonds is 1. The van der Waals surface area contributed by atoms with Gasteiger partial charge < -0.3 is 0 Å². The van der Waals surface area contributed by atoms with E-state index in [1.807, 2.05) is 19.9 Å². The van der Waals surface area contributed by atoms with E-state index in [-0.39, 0.29) is 0 Å². The second-order valence-electron chi connectivity index (χ2n) is 2.16. The molecule has 1 rings (SSSR count). The van der Waals surface area contributed by atoms with E-state index in [1.165, 1.54) is 0 Å². The van der Waals surface area contributed by atoms with E-state index < -0.39 is 0 Å². The van der Waals surface area contributed by atoms with Crippen LogP contribution in [0, 0.1) is 6.92 Å². The lowest BCUT2D eigenvalue weighted by Crippen LogP contribution is -1.91. The molecule has 10 heavy (non-hydrogen) atoms. The third-order valence-electron chi connectivity index (χ3n) is 1.32. The zero-order chi connectivity index (χ0) is 7.56. The molecule has 2 nitrogen and oxygen atoms in total. The molecule has 0 saturated heterocycles. The van der Waals surface area contributed by atoms with Crippen LogP contribution >= 0.6 is 11.6 Å². The third-order valence-corrected chi connectivity index (χ3v) is 1.64. The number of hydrogen-bond donors (Lipinski definition) is 0. The van der Waals surface area contributed by atoms with Crippen LogP contribution in [0.5, 0.6) is 0 Å². The highest BCUT2D eigenvalue weighted by Crippen LogP contribution is 2.11. The lowest BCUT2D eigenvalue weighted by atomic mass is 10.2. The standard InChI is InChI=1S/C7H9ClN2/c1-3-6-4-5(2)9-10-7(6)8/h4H,3H2,1-2H3. The average molecular weight is 157 g/mol. The summed E-state index contributed by atoms with van der Waals surface area (Å²) in [5.41, 5.74) is 1.98. The zero-order valence-electron chi connectivity index (χ0n) is 6.06. The zero-order valence-corrected chi connectivity index (χ0v) is 6.81. The average Bonchev–Trinajstić information content (AvgIpc) is 1.94. The maximum atomic E-state index is 5.72. The van der Waals surface area contributed by atoms with Gasteiger partial charge in [0.15, 0.2) is 5.15 Å². The monoisotopic (exact) mass is 156 g/mol. The second kappa shape index (κ2) is 2.97. The number of aryl methyl sites for hydroxylation is 2. The number of hydrogen-bond acceptors (Lipinski definition) is 2. The maximum Gasteiger partial charge on any atom is 0.154 e. The van der Waals surface area contributed by atoms with Gasteiger partial charge in [-0.3, -0.25) is 0 Å². The van der Waals surface area contributed by atoms with E-state index in [4.69, 9.17) is 11.6 Å². The summed E-state index contributed by atoms with van der Waals surface area (Å²) in [6.45, 7) is 3.95. The molecule has 3 heteroatoms. The Bertz CT molecular complexity index is 235. The second-order valence-corrected chi connectivity index (χ2v) is 2.51. The predicted octanol–water partition coefficient (Wildman–Crippen LogP) is 2.00. The van der Waals surface area contributed by atoms with Crippen molar-refractivity contribution in [3.05, 3.63) is 22.5 Å². The summed E-state index contributed by atoms with van der Waals surface area (Å²) in [6.07, 6.45) is 0.912. The molecule has 0 bridgehead atoms. The van der Waals surface area contributed by atoms with Gasteiger partial charge in [0.1, 0.15) is 0 Å². The van der Waals surface area contributed by atoms with Gasteiger partial charge in [-0.2, -0.15) is 5.10 Å². The van der Waals surface area contributed by atoms with Crippen molar-refractivity contribution in [1.82, 2.24) is 10.2 Å². The van der Waals surface area contributed by atoms with Crippen LogP contribution in [0.25, 0.3) is 0 Å². The molecule has 0 spiro atoms. The molecule has 0 aliphatic carbocycles. The Morgan fingerprint density at radius 1 is 1.50 bits per heavy atom. The van der Waals surface area contributed by atoms with Crippen LogP contribution in [-0.2, 0) is 6.42 Å². The van der Waals surface area contributed by atoms with Crippen LogP contribution in [-0.4, -0.2) is 10.2 Å². The van der Waals surface area contributed by atoms with Crippen LogP contribution in [0.3, 0.4) is 0 Å². The van der Waals surface area contributed by atoms with Crippen LogP contribution in [0.15, 0.2) is 6.07 Å². The molecule has 1 heterocycles. The fourth-order valence-electron chi connectivity index (χ4n) is 0.775. The molecule has 0 fully saturated rings. The van der Waals surface area contributed by atoms with Crippen molar-refractivity contribution in [2.75, 3.05) is 0 Å². The molecule has 0 radical (unpaired) electrons. The fourth-order valence-corrected chi connectivity index (χ4v) is 1.00. The summed E-state index contributed by atoms with van der Waals surface area (Å²) in [6, 6.07) is 1.95. The normalized spacial score (nSPS) is 9.90. The van der Waals surface area contributed by atoms with Crippen molar-refractivity contribution in [2.24, 2.45) is 0 Å². The van der Waals surface area contributed by atoms with Crippen molar-refractivity contribution in [3.63, 3.8) is 0 Å². The molecule has 0 N–H and O–H groups in total. The van der Waals surface area contributed by atoms with Gasteiger partial charge in [-0.1, -0.05) is 18.5 Å². The fraction of sp³-hybridized carbons (Fsp3) is 0.429. The Labute approximate surface area is 65.2 Å². The summed E-state index contributed by atoms with van der Waals surface area (Å²) in [7, 11) is 0. The third kappa shape index (κ3) is 1.45. The van der Waals surface area contributed by atoms with Gasteiger partial charge in [-0.25, -0.2) is 0 Å². The molecule has 54 valence electrons. The van der Waals surface area contributed by atoms with Gasteiger partial charge >= 0.3 is 0 Å². The molecule has 0 amide bonds. The van der Waals surface area contributed by atoms with Crippen LogP contribution < -0.4 is 0 Å². The SMILES string of the molecule is CCc1cc(C)nnc1Cl. The van der Waals surface area contributed by atoms with E-state index >= 15 is 0 Å². The number of nitrogens with zero attached hydrogens (tertiary/aromatic N) is 2. The molecule has 0 aliphatic heterocycles. The molecule has 1 aromatic rings. The highest BCUT2D eigenvalue weighted by molar-refractivity contribution is 6.30. The van der Waals surface area contributed by atoms with Gasteiger partial charge in [0.25, 0.3) is 0 Å². The van der Waals surface area contributed by atoms with Crippen molar-refractivity contribution in [2.45, 2.75) is 20.3 Å². The quantitative estimate of drug-likeness (QED) is 0.622. The minimum Gasteiger partial charge on any atom is -0.154 e. The molecule has 0 saturated carbocycles. The summed E-state index contributed by atoms with van der Waals surface area (Å²) in [4.78, 5) is 0. The minimum atomic E-state index is 0.521. The van der Waals surface area contributed by atoms with Gasteiger partial charge in [-0.15, -0.1) is 5.10 Å². The first-order valence-corrected chi connectivity index (χ1v) is 3.60. The molecule has 0 atom stereocenters. The maximum absolute atomic E-state index is 5.72. The Balaban J connectivity index is 3.09. The first-order chi connectivity index (χ1) is 4.74. The Kier molecular flexibility index (Phi) is 2.22. The van der Waals surface area contributed by atoms with Crippen molar-refractivity contribution in [3.8, 4) is 0 Å². The van der Waals surface area contributed by atoms with E-state index in [0.717, 1.165) is 17.7 Å². The minimum absolute atomic E-state index is 0.521. The summed E-state index contributed by atoms with van der Waals surface area (Å²) >= 11 is 5.72. The topological polar surface area (TPSA) is 25.8 Å². The van der Waals surface area contributed by atoms with Gasteiger partial charge in [0.05, 0.1) is 5.69 Å². The first kappa shape index (κ1) is 7.48. The molecular weight excluding hydrogens is 148 g/mol. The molecule has 0 aromatic carbocycles. The van der Waals surface area contributed by atoms with Gasteiger partial charge in [0.2, 0.25) is 0 Å². The molecular formula is C7H9ClN2. The van der Waals surface area contributed by atoms with Crippen molar-refractivity contribution >= 4 is 11.6 Å². The number of halogens is 1. The lowest BCUT2D eigenvalue weighted by Gasteiger charge is -1.97. The predicted molar refractivity (Wildman–Crippen MR) is 41.2 cm³/mol. The summed E-state index contributed by atoms with van der Waals surface area (Å²) < 4.78 is 0. The van der Waals surface area contributed by atoms with Crippen molar-refractivity contribution < 1.29 is 0 Å². The number of aromatic nitrogens is 2. The molecule has 0 unspecified atom stereocenters. The van der Waals surface area contributed by atoms with E-state index in [1.54, 1.807) is 0 Å². The van der Waals surface area contributed by atoms with E-state index in [0.29, 0.717) is 5.15 Å². The smallest absolute Gasteiger partial charge is 0.154 e. The van der Waals surface area contributed by atoms with E-state index in [2.05, 4.69) is 10.2 Å². The molecule has 0 aliphatic rings. The highest BCUT2D eigenvalue weighted by atomic mass is 35.5. The lowest BCUT2D eigenvalue weighted by molar-refractivity contribution is 0.944. The Morgan fingerprint density at radius 3 is 2.70 bits per heavy atom. The van der Waals surface area contributed by atoms with Crippen LogP contribution in [0.4, 0.5) is 0 Å². The van der Waals surface area contributed by atoms with Gasteiger partial charge in [-0.05, 0) is 25.0 Å². The molecule has 1 aromatic heterocycles. The van der Waals surface area contributed by atoms with Crippen LogP contribution in [0.2, 0.25) is 5.15 Å². The first-order valence-electron chi connectivity index (χ1n) is 3.22. The summed E-state index contributed by atoms with van der Waals surface area (Å²) in [5, 5.41) is 8.09. The van der Waals surface area contributed by atoms with Gasteiger partial charge in [0, 0.05) is 0 Å². The Morgan fingerprint density at radius 2 is 2.20 bits per heavy atom. The summed E-state index contributed by atoms with van der Waals surface area (Å²) in [5.74, 6) is 0. The van der Waals surface area contributed by atoms with Crippen molar-refractivity contribution in [1.29, 1.82) is 0 Å².